The zero-order chi connectivity index (χ0) is 30.2. The van der Waals surface area contributed by atoms with E-state index in [0.29, 0.717) is 23.1 Å². The third-order valence-corrected chi connectivity index (χ3v) is 8.61. The van der Waals surface area contributed by atoms with Crippen molar-refractivity contribution in [3.8, 4) is 11.5 Å². The zero-order valence-electron chi connectivity index (χ0n) is 23.2. The molecule has 8 nitrogen and oxygen atoms in total. The van der Waals surface area contributed by atoms with Gasteiger partial charge in [-0.05, 0) is 88.6 Å². The van der Waals surface area contributed by atoms with Gasteiger partial charge in [-0.25, -0.2) is 13.8 Å². The number of anilines is 1. The average molecular weight is 614 g/mol. The van der Waals surface area contributed by atoms with Crippen LogP contribution in [0, 0.1) is 0 Å². The number of methoxy groups -OCH3 is 1. The predicted molar refractivity (Wildman–Crippen MR) is 169 cm³/mol. The molecule has 0 atom stereocenters. The first-order valence-electron chi connectivity index (χ1n) is 13.3. The molecule has 43 heavy (non-hydrogen) atoms. The Bertz CT molecular complexity index is 1860. The SMILES string of the molecule is COc1ccc(S(=O)(=O)N(CC(=O)N/N=C\c2ccc(OCc3cccc4ccccc34)cc2)c2cccc(Cl)c2)cc1. The quantitative estimate of drug-likeness (QED) is 0.137. The van der Waals surface area contributed by atoms with Gasteiger partial charge in [0, 0.05) is 5.02 Å². The number of nitrogens with zero attached hydrogens (tertiary/aromatic N) is 2. The summed E-state index contributed by atoms with van der Waals surface area (Å²) in [5.74, 6) is 0.558. The molecule has 0 bridgehead atoms. The summed E-state index contributed by atoms with van der Waals surface area (Å²) in [6.07, 6.45) is 1.47. The third kappa shape index (κ3) is 7.32. The van der Waals surface area contributed by atoms with Gasteiger partial charge in [0.25, 0.3) is 15.9 Å². The molecule has 10 heteroatoms. The van der Waals surface area contributed by atoms with Gasteiger partial charge in [-0.3, -0.25) is 9.10 Å². The normalized spacial score (nSPS) is 11.4. The summed E-state index contributed by atoms with van der Waals surface area (Å²) in [4.78, 5) is 12.8. The van der Waals surface area contributed by atoms with E-state index in [1.807, 2.05) is 36.4 Å². The molecule has 0 radical (unpaired) electrons. The van der Waals surface area contributed by atoms with E-state index in [-0.39, 0.29) is 10.6 Å². The van der Waals surface area contributed by atoms with Crippen LogP contribution in [0.2, 0.25) is 5.02 Å². The number of hydrazone groups is 1. The first-order chi connectivity index (χ1) is 20.8. The molecule has 218 valence electrons. The Hall–Kier alpha value is -4.86. The maximum atomic E-state index is 13.5. The van der Waals surface area contributed by atoms with Crippen molar-refractivity contribution in [2.24, 2.45) is 5.10 Å². The molecular weight excluding hydrogens is 586 g/mol. The summed E-state index contributed by atoms with van der Waals surface area (Å²) in [5.41, 5.74) is 4.45. The number of ether oxygens (including phenoxy) is 2. The van der Waals surface area contributed by atoms with Crippen LogP contribution in [-0.4, -0.2) is 34.2 Å². The van der Waals surface area contributed by atoms with Gasteiger partial charge in [0.2, 0.25) is 0 Å². The predicted octanol–water partition coefficient (Wildman–Crippen LogP) is 6.43. The van der Waals surface area contributed by atoms with Gasteiger partial charge in [-0.2, -0.15) is 5.10 Å². The lowest BCUT2D eigenvalue weighted by molar-refractivity contribution is -0.119. The van der Waals surface area contributed by atoms with Gasteiger partial charge >= 0.3 is 0 Å². The summed E-state index contributed by atoms with van der Waals surface area (Å²) in [5, 5.41) is 6.65. The lowest BCUT2D eigenvalue weighted by atomic mass is 10.1. The first kappa shape index (κ1) is 29.6. The van der Waals surface area contributed by atoms with Gasteiger partial charge in [0.1, 0.15) is 24.7 Å². The Morgan fingerprint density at radius 2 is 1.58 bits per heavy atom. The fourth-order valence-electron chi connectivity index (χ4n) is 4.40. The van der Waals surface area contributed by atoms with Crippen molar-refractivity contribution in [1.82, 2.24) is 5.43 Å². The van der Waals surface area contributed by atoms with Crippen LogP contribution in [-0.2, 0) is 21.4 Å². The monoisotopic (exact) mass is 613 g/mol. The molecule has 5 rings (SSSR count). The van der Waals surface area contributed by atoms with Crippen molar-refractivity contribution in [2.45, 2.75) is 11.5 Å². The number of carbonyl (C=O) groups excluding carboxylic acids is 1. The second-order valence-electron chi connectivity index (χ2n) is 9.46. The van der Waals surface area contributed by atoms with Crippen LogP contribution >= 0.6 is 11.6 Å². The molecule has 0 aliphatic rings. The molecule has 0 unspecified atom stereocenters. The molecule has 5 aromatic carbocycles. The van der Waals surface area contributed by atoms with Crippen molar-refractivity contribution in [3.63, 3.8) is 0 Å². The fraction of sp³-hybridized carbons (Fsp3) is 0.0909. The van der Waals surface area contributed by atoms with Gasteiger partial charge in [-0.1, -0.05) is 60.1 Å². The minimum atomic E-state index is -4.12. The van der Waals surface area contributed by atoms with Crippen LogP contribution < -0.4 is 19.2 Å². The summed E-state index contributed by atoms with van der Waals surface area (Å²) >= 11 is 6.13. The van der Waals surface area contributed by atoms with Crippen molar-refractivity contribution in [3.05, 3.63) is 131 Å². The highest BCUT2D eigenvalue weighted by Gasteiger charge is 2.27. The lowest BCUT2D eigenvalue weighted by Gasteiger charge is -2.24. The van der Waals surface area contributed by atoms with Crippen molar-refractivity contribution < 1.29 is 22.7 Å². The molecule has 0 aliphatic carbocycles. The van der Waals surface area contributed by atoms with Crippen LogP contribution in [0.5, 0.6) is 11.5 Å². The number of halogens is 1. The third-order valence-electron chi connectivity index (χ3n) is 6.59. The van der Waals surface area contributed by atoms with Gasteiger partial charge < -0.3 is 9.47 Å². The van der Waals surface area contributed by atoms with E-state index in [2.05, 4.69) is 28.7 Å². The number of fused-ring (bicyclic) bond motifs is 1. The van der Waals surface area contributed by atoms with Gasteiger partial charge in [-0.15, -0.1) is 0 Å². The van der Waals surface area contributed by atoms with E-state index in [0.717, 1.165) is 26.2 Å². The van der Waals surface area contributed by atoms with E-state index in [9.17, 15) is 13.2 Å². The molecule has 0 aliphatic heterocycles. The maximum Gasteiger partial charge on any atom is 0.264 e. The van der Waals surface area contributed by atoms with Crippen LogP contribution in [0.15, 0.2) is 125 Å². The van der Waals surface area contributed by atoms with Crippen LogP contribution in [0.25, 0.3) is 10.8 Å². The maximum absolute atomic E-state index is 13.5. The molecule has 5 aromatic rings. The Kier molecular flexibility index (Phi) is 9.24. The van der Waals surface area contributed by atoms with Crippen LogP contribution in [0.1, 0.15) is 11.1 Å². The topological polar surface area (TPSA) is 97.3 Å². The van der Waals surface area contributed by atoms with E-state index in [4.69, 9.17) is 21.1 Å². The van der Waals surface area contributed by atoms with E-state index < -0.39 is 22.5 Å². The largest absolute Gasteiger partial charge is 0.497 e. The fourth-order valence-corrected chi connectivity index (χ4v) is 5.99. The zero-order valence-corrected chi connectivity index (χ0v) is 24.8. The minimum Gasteiger partial charge on any atom is -0.497 e. The molecule has 1 amide bonds. The molecule has 0 fully saturated rings. The Morgan fingerprint density at radius 3 is 2.33 bits per heavy atom. The standard InChI is InChI=1S/C33H28ClN3O5S/c1-41-29-16-18-31(19-17-29)43(39,40)37(28-10-5-9-27(34)20-28)22-33(38)36-35-21-24-12-14-30(15-13-24)42-23-26-8-4-7-25-6-2-3-11-32(25)26/h2-21H,22-23H2,1H3,(H,36,38)/b35-21-. The number of carbonyl (C=O) groups is 1. The second kappa shape index (κ2) is 13.4. The van der Waals surface area contributed by atoms with Crippen LogP contribution in [0.4, 0.5) is 5.69 Å². The van der Waals surface area contributed by atoms with Crippen LogP contribution in [0.3, 0.4) is 0 Å². The number of amides is 1. The van der Waals surface area contributed by atoms with E-state index >= 15 is 0 Å². The average Bonchev–Trinajstić information content (AvgIpc) is 3.03. The van der Waals surface area contributed by atoms with Crippen molar-refractivity contribution in [1.29, 1.82) is 0 Å². The molecular formula is C33H28ClN3O5S. The highest BCUT2D eigenvalue weighted by atomic mass is 35.5. The summed E-state index contributed by atoms with van der Waals surface area (Å²) in [6.45, 7) is -0.0968. The second-order valence-corrected chi connectivity index (χ2v) is 11.8. The number of sulfonamides is 1. The van der Waals surface area contributed by atoms with Crippen molar-refractivity contribution in [2.75, 3.05) is 18.0 Å². The molecule has 0 saturated heterocycles. The number of rotatable bonds is 11. The number of hydrogen-bond donors (Lipinski definition) is 1. The summed E-state index contributed by atoms with van der Waals surface area (Å²) < 4.78 is 39.1. The van der Waals surface area contributed by atoms with Crippen molar-refractivity contribution >= 4 is 50.2 Å². The molecule has 1 N–H and O–H groups in total. The van der Waals surface area contributed by atoms with Gasteiger partial charge in [0.05, 0.1) is 23.9 Å². The number of hydrogen-bond acceptors (Lipinski definition) is 6. The van der Waals surface area contributed by atoms with E-state index in [1.54, 1.807) is 30.3 Å². The first-order valence-corrected chi connectivity index (χ1v) is 15.1. The number of benzene rings is 5. The molecule has 0 aromatic heterocycles. The molecule has 0 heterocycles. The molecule has 0 saturated carbocycles. The summed E-state index contributed by atoms with van der Waals surface area (Å²) in [7, 11) is -2.63. The molecule has 0 spiro atoms. The van der Waals surface area contributed by atoms with Gasteiger partial charge in [0.15, 0.2) is 0 Å². The summed E-state index contributed by atoms with van der Waals surface area (Å²) in [6, 6.07) is 33.7. The Balaban J connectivity index is 1.23. The Morgan fingerprint density at radius 1 is 0.884 bits per heavy atom. The minimum absolute atomic E-state index is 0.00710. The lowest BCUT2D eigenvalue weighted by Crippen LogP contribution is -2.39. The highest BCUT2D eigenvalue weighted by molar-refractivity contribution is 7.92. The van der Waals surface area contributed by atoms with E-state index in [1.165, 1.54) is 43.7 Å². The Labute approximate surface area is 255 Å². The number of nitrogens with one attached hydrogen (secondary N) is 1. The smallest absolute Gasteiger partial charge is 0.264 e. The highest BCUT2D eigenvalue weighted by Crippen LogP contribution is 2.27.